The molecule has 0 spiro atoms. The molecule has 1 aromatic heterocycles. The van der Waals surface area contributed by atoms with Crippen LogP contribution in [0.1, 0.15) is 30.6 Å². The van der Waals surface area contributed by atoms with E-state index in [0.717, 1.165) is 12.2 Å². The van der Waals surface area contributed by atoms with Crippen LogP contribution in [0, 0.1) is 5.92 Å². The molecule has 1 unspecified atom stereocenters. The average Bonchev–Trinajstić information content (AvgIpc) is 2.26. The van der Waals surface area contributed by atoms with Crippen LogP contribution in [0.2, 0.25) is 0 Å². The van der Waals surface area contributed by atoms with Gasteiger partial charge in [-0.05, 0) is 12.0 Å². The molecule has 16 heavy (non-hydrogen) atoms. The van der Waals surface area contributed by atoms with Gasteiger partial charge in [-0.25, -0.2) is 9.78 Å². The summed E-state index contributed by atoms with van der Waals surface area (Å²) in [6.45, 7) is 4.26. The first kappa shape index (κ1) is 12.8. The first-order chi connectivity index (χ1) is 7.56. The average molecular weight is 240 g/mol. The van der Waals surface area contributed by atoms with E-state index in [1.54, 1.807) is 0 Å². The Morgan fingerprint density at radius 2 is 2.38 bits per heavy atom. The summed E-state index contributed by atoms with van der Waals surface area (Å²) in [5, 5.41) is 9.51. The molecule has 0 amide bonds. The highest BCUT2D eigenvalue weighted by Crippen LogP contribution is 2.27. The summed E-state index contributed by atoms with van der Waals surface area (Å²) in [7, 11) is 0. The van der Waals surface area contributed by atoms with Crippen molar-refractivity contribution in [2.45, 2.75) is 25.3 Å². The molecule has 3 N–H and O–H groups in total. The monoisotopic (exact) mass is 240 g/mol. The third kappa shape index (κ3) is 3.13. The highest BCUT2D eigenvalue weighted by atomic mass is 32.2. The van der Waals surface area contributed by atoms with E-state index in [1.165, 1.54) is 24.0 Å². The minimum absolute atomic E-state index is 0.127. The number of nitrogens with zero attached hydrogens (tertiary/aromatic N) is 1. The van der Waals surface area contributed by atoms with Crippen LogP contribution in [-0.4, -0.2) is 21.8 Å². The van der Waals surface area contributed by atoms with Crippen LogP contribution >= 0.6 is 11.8 Å². The summed E-state index contributed by atoms with van der Waals surface area (Å²) in [6.07, 6.45) is 2.57. The van der Waals surface area contributed by atoms with Crippen molar-refractivity contribution in [3.8, 4) is 0 Å². The van der Waals surface area contributed by atoms with Gasteiger partial charge in [0.15, 0.2) is 0 Å². The van der Waals surface area contributed by atoms with Gasteiger partial charge in [-0.2, -0.15) is 0 Å². The zero-order valence-corrected chi connectivity index (χ0v) is 10.3. The fourth-order valence-corrected chi connectivity index (χ4v) is 2.17. The molecule has 0 bridgehead atoms. The van der Waals surface area contributed by atoms with Crippen LogP contribution in [0.5, 0.6) is 0 Å². The van der Waals surface area contributed by atoms with Crippen LogP contribution in [0.15, 0.2) is 17.3 Å². The highest BCUT2D eigenvalue weighted by molar-refractivity contribution is 7.99. The molecule has 0 saturated carbocycles. The lowest BCUT2D eigenvalue weighted by Crippen LogP contribution is -2.05. The molecule has 0 fully saturated rings. The van der Waals surface area contributed by atoms with Crippen LogP contribution in [0.25, 0.3) is 0 Å². The van der Waals surface area contributed by atoms with Gasteiger partial charge in [0, 0.05) is 11.9 Å². The molecule has 1 aromatic rings. The Labute approximate surface area is 99.3 Å². The predicted octanol–water partition coefficient (Wildman–Crippen LogP) is 2.50. The van der Waals surface area contributed by atoms with Crippen LogP contribution < -0.4 is 5.73 Å². The van der Waals surface area contributed by atoms with Gasteiger partial charge in [0.1, 0.15) is 5.03 Å². The lowest BCUT2D eigenvalue weighted by molar-refractivity contribution is 0.0697. The van der Waals surface area contributed by atoms with E-state index in [-0.39, 0.29) is 11.3 Å². The first-order valence-electron chi connectivity index (χ1n) is 5.16. The smallest absolute Gasteiger partial charge is 0.337 e. The fourth-order valence-electron chi connectivity index (χ4n) is 1.09. The Kier molecular flexibility index (Phi) is 4.61. The number of aromatic nitrogens is 1. The van der Waals surface area contributed by atoms with Crippen molar-refractivity contribution in [1.82, 2.24) is 4.98 Å². The van der Waals surface area contributed by atoms with E-state index in [2.05, 4.69) is 18.8 Å². The molecule has 0 aliphatic rings. The SMILES string of the molecule is CCC(C)CSc1nccc(C(=O)O)c1N. The molecule has 5 heteroatoms. The number of thioether (sulfide) groups is 1. The molecule has 4 nitrogen and oxygen atoms in total. The lowest BCUT2D eigenvalue weighted by Gasteiger charge is -2.09. The number of hydrogen-bond acceptors (Lipinski definition) is 4. The Bertz CT molecular complexity index is 382. The summed E-state index contributed by atoms with van der Waals surface area (Å²) < 4.78 is 0. The number of carboxylic acids is 1. The van der Waals surface area contributed by atoms with E-state index in [1.807, 2.05) is 0 Å². The fraction of sp³-hybridized carbons (Fsp3) is 0.455. The minimum Gasteiger partial charge on any atom is -0.478 e. The molecule has 0 aromatic carbocycles. The number of anilines is 1. The second-order valence-electron chi connectivity index (χ2n) is 3.71. The Hall–Kier alpha value is -1.23. The zero-order valence-electron chi connectivity index (χ0n) is 9.43. The number of hydrogen-bond donors (Lipinski definition) is 2. The molecule has 0 aliphatic heterocycles. The third-order valence-corrected chi connectivity index (χ3v) is 3.72. The summed E-state index contributed by atoms with van der Waals surface area (Å²) in [6, 6.07) is 1.42. The summed E-state index contributed by atoms with van der Waals surface area (Å²) >= 11 is 1.51. The first-order valence-corrected chi connectivity index (χ1v) is 6.15. The lowest BCUT2D eigenvalue weighted by atomic mass is 10.2. The van der Waals surface area contributed by atoms with Gasteiger partial charge < -0.3 is 10.8 Å². The molecule has 1 rings (SSSR count). The summed E-state index contributed by atoms with van der Waals surface area (Å²) in [4.78, 5) is 15.0. The number of nitrogen functional groups attached to an aromatic ring is 1. The van der Waals surface area contributed by atoms with E-state index in [0.29, 0.717) is 10.9 Å². The third-order valence-electron chi connectivity index (χ3n) is 2.39. The van der Waals surface area contributed by atoms with Gasteiger partial charge in [-0.1, -0.05) is 20.3 Å². The maximum atomic E-state index is 10.9. The highest BCUT2D eigenvalue weighted by Gasteiger charge is 2.13. The number of rotatable bonds is 5. The normalized spacial score (nSPS) is 12.4. The summed E-state index contributed by atoms with van der Waals surface area (Å²) in [5.74, 6) is 0.460. The Balaban J connectivity index is 2.81. The predicted molar refractivity (Wildman–Crippen MR) is 65.8 cm³/mol. The van der Waals surface area contributed by atoms with Crippen molar-refractivity contribution in [2.75, 3.05) is 11.5 Å². The van der Waals surface area contributed by atoms with E-state index < -0.39 is 5.97 Å². The van der Waals surface area contributed by atoms with Gasteiger partial charge in [-0.15, -0.1) is 11.8 Å². The molecular weight excluding hydrogens is 224 g/mol. The summed E-state index contributed by atoms with van der Waals surface area (Å²) in [5.41, 5.74) is 6.14. The Morgan fingerprint density at radius 3 is 2.94 bits per heavy atom. The van der Waals surface area contributed by atoms with Gasteiger partial charge in [0.25, 0.3) is 0 Å². The van der Waals surface area contributed by atoms with Crippen molar-refractivity contribution in [2.24, 2.45) is 5.92 Å². The number of carbonyl (C=O) groups is 1. The zero-order chi connectivity index (χ0) is 12.1. The van der Waals surface area contributed by atoms with Gasteiger partial charge in [0.2, 0.25) is 0 Å². The van der Waals surface area contributed by atoms with E-state index >= 15 is 0 Å². The largest absolute Gasteiger partial charge is 0.478 e. The molecule has 1 atom stereocenters. The van der Waals surface area contributed by atoms with E-state index in [4.69, 9.17) is 10.8 Å². The number of aromatic carboxylic acids is 1. The maximum absolute atomic E-state index is 10.9. The molecule has 88 valence electrons. The molecular formula is C11H16N2O2S. The van der Waals surface area contributed by atoms with Crippen LogP contribution in [0.3, 0.4) is 0 Å². The Morgan fingerprint density at radius 1 is 1.69 bits per heavy atom. The number of carboxylic acid groups (broad SMARTS) is 1. The van der Waals surface area contributed by atoms with E-state index in [9.17, 15) is 4.79 Å². The molecule has 1 heterocycles. The molecule has 0 saturated heterocycles. The molecule has 0 aliphatic carbocycles. The minimum atomic E-state index is -1.01. The van der Waals surface area contributed by atoms with Crippen LogP contribution in [-0.2, 0) is 0 Å². The van der Waals surface area contributed by atoms with Gasteiger partial charge in [0.05, 0.1) is 11.3 Å². The van der Waals surface area contributed by atoms with Crippen molar-refractivity contribution in [3.63, 3.8) is 0 Å². The topological polar surface area (TPSA) is 76.2 Å². The van der Waals surface area contributed by atoms with Crippen molar-refractivity contribution < 1.29 is 9.90 Å². The second kappa shape index (κ2) is 5.75. The number of nitrogens with two attached hydrogens (primary N) is 1. The quantitative estimate of drug-likeness (QED) is 0.773. The molecule has 0 radical (unpaired) electrons. The van der Waals surface area contributed by atoms with Gasteiger partial charge in [-0.3, -0.25) is 0 Å². The van der Waals surface area contributed by atoms with Crippen LogP contribution in [0.4, 0.5) is 5.69 Å². The number of pyridine rings is 1. The maximum Gasteiger partial charge on any atom is 0.337 e. The standard InChI is InChI=1S/C11H16N2O2S/c1-3-7(2)6-16-10-9(12)8(11(14)15)4-5-13-10/h4-5,7H,3,6,12H2,1-2H3,(H,14,15). The van der Waals surface area contributed by atoms with Crippen molar-refractivity contribution in [3.05, 3.63) is 17.8 Å². The van der Waals surface area contributed by atoms with Crippen molar-refractivity contribution >= 4 is 23.4 Å². The second-order valence-corrected chi connectivity index (χ2v) is 4.72. The van der Waals surface area contributed by atoms with Crippen molar-refractivity contribution in [1.29, 1.82) is 0 Å². The van der Waals surface area contributed by atoms with Gasteiger partial charge >= 0.3 is 5.97 Å².